The molecule has 7 N–H and O–H groups in total. The van der Waals surface area contributed by atoms with Crippen molar-refractivity contribution in [2.24, 2.45) is 5.92 Å². The number of aromatic nitrogens is 3. The summed E-state index contributed by atoms with van der Waals surface area (Å²) in [6, 6.07) is 10.1. The molecule has 5 rings (SSSR count). The third kappa shape index (κ3) is 6.83. The summed E-state index contributed by atoms with van der Waals surface area (Å²) in [4.78, 5) is 38.9. The Labute approximate surface area is 273 Å². The molecule has 2 aliphatic rings. The van der Waals surface area contributed by atoms with Gasteiger partial charge in [-0.3, -0.25) is 24.4 Å². The second kappa shape index (κ2) is 14.2. The summed E-state index contributed by atoms with van der Waals surface area (Å²) in [7, 11) is 0. The smallest absolute Gasteiger partial charge is 0.269 e. The highest BCUT2D eigenvalue weighted by molar-refractivity contribution is 6.07. The number of aliphatic hydroxyl groups excluding tert-OH is 5. The lowest BCUT2D eigenvalue weighted by Gasteiger charge is -2.37. The van der Waals surface area contributed by atoms with Gasteiger partial charge in [0.15, 0.2) is 18.0 Å². The van der Waals surface area contributed by atoms with E-state index in [9.17, 15) is 45.2 Å². The van der Waals surface area contributed by atoms with Gasteiger partial charge in [-0.25, -0.2) is 0 Å². The first-order valence-corrected chi connectivity index (χ1v) is 15.1. The minimum Gasteiger partial charge on any atom is -0.396 e. The van der Waals surface area contributed by atoms with Crippen molar-refractivity contribution >= 4 is 28.9 Å². The number of non-ortho nitro benzene ring substituents is 1. The number of benzene rings is 2. The fourth-order valence-corrected chi connectivity index (χ4v) is 5.70. The van der Waals surface area contributed by atoms with Gasteiger partial charge in [-0.1, -0.05) is 36.4 Å². The van der Waals surface area contributed by atoms with Gasteiger partial charge >= 0.3 is 0 Å². The van der Waals surface area contributed by atoms with Crippen LogP contribution in [0.25, 0.3) is 0 Å². The van der Waals surface area contributed by atoms with Crippen molar-refractivity contribution < 1.29 is 49.9 Å². The van der Waals surface area contributed by atoms with E-state index < -0.39 is 59.0 Å². The molecule has 17 heteroatoms. The monoisotopic (exact) mass is 668 g/mol. The highest BCUT2D eigenvalue weighted by Gasteiger charge is 2.53. The molecule has 3 heterocycles. The third-order valence-electron chi connectivity index (χ3n) is 8.43. The highest BCUT2D eigenvalue weighted by atomic mass is 16.6. The molecule has 48 heavy (non-hydrogen) atoms. The van der Waals surface area contributed by atoms with Gasteiger partial charge in [-0.15, -0.1) is 5.10 Å². The number of nitrogens with one attached hydrogen (secondary N) is 1. The average Bonchev–Trinajstić information content (AvgIpc) is 3.60. The number of carbonyl (C=O) groups excluding carboxylic acids is 2. The van der Waals surface area contributed by atoms with Gasteiger partial charge in [0, 0.05) is 55.1 Å². The van der Waals surface area contributed by atoms with Crippen LogP contribution in [0.15, 0.2) is 60.8 Å². The molecular formula is C31H36N6O11. The molecule has 0 radical (unpaired) electrons. The van der Waals surface area contributed by atoms with Crippen LogP contribution in [0.5, 0.6) is 0 Å². The second-order valence-electron chi connectivity index (χ2n) is 11.7. The van der Waals surface area contributed by atoms with Crippen LogP contribution in [-0.2, 0) is 39.4 Å². The number of carbonyl (C=O) groups is 2. The minimum absolute atomic E-state index is 0.0280. The Morgan fingerprint density at radius 2 is 1.88 bits per heavy atom. The first kappa shape index (κ1) is 34.7. The third-order valence-corrected chi connectivity index (χ3v) is 8.43. The largest absolute Gasteiger partial charge is 0.396 e. The maximum Gasteiger partial charge on any atom is 0.269 e. The second-order valence-corrected chi connectivity index (χ2v) is 11.7. The van der Waals surface area contributed by atoms with Gasteiger partial charge in [0.05, 0.1) is 22.8 Å². The number of nitro benzene ring substituents is 1. The Morgan fingerprint density at radius 3 is 2.56 bits per heavy atom. The average molecular weight is 669 g/mol. The zero-order chi connectivity index (χ0) is 34.7. The SMILES string of the molecule is C[C@H](/C=C/CCn1cc(CCO)nn1)[C@@]1(O)C(=O)N(Cc2ccc(NC(=O)[C@H]3O[C@@H](O)[C@H](O)[C@@H](O)[C@@H]3O)cc2)c2ccc([N+](=O)[O-])cc21. The van der Waals surface area contributed by atoms with Crippen LogP contribution in [-0.4, -0.2) is 99.7 Å². The van der Waals surface area contributed by atoms with Gasteiger partial charge in [-0.2, -0.15) is 0 Å². The summed E-state index contributed by atoms with van der Waals surface area (Å²) >= 11 is 0. The summed E-state index contributed by atoms with van der Waals surface area (Å²) in [5.74, 6) is -2.35. The van der Waals surface area contributed by atoms with Crippen LogP contribution in [0, 0.1) is 16.0 Å². The first-order valence-electron chi connectivity index (χ1n) is 15.1. The highest BCUT2D eigenvalue weighted by Crippen LogP contribution is 2.47. The molecule has 256 valence electrons. The number of ether oxygens (including phenoxy) is 1. The molecule has 2 aliphatic heterocycles. The maximum atomic E-state index is 13.9. The number of allylic oxidation sites excluding steroid dienone is 1. The molecule has 7 atom stereocenters. The lowest BCUT2D eigenvalue weighted by atomic mass is 9.82. The van der Waals surface area contributed by atoms with Crippen molar-refractivity contribution in [3.63, 3.8) is 0 Å². The fraction of sp³-hybridized carbons (Fsp3) is 0.419. The Kier molecular flexibility index (Phi) is 10.3. The zero-order valence-corrected chi connectivity index (χ0v) is 25.7. The quantitative estimate of drug-likeness (QED) is 0.0729. The van der Waals surface area contributed by atoms with Gasteiger partial charge in [0.25, 0.3) is 17.5 Å². The van der Waals surface area contributed by atoms with Gasteiger partial charge in [-0.05, 0) is 30.2 Å². The summed E-state index contributed by atoms with van der Waals surface area (Å²) in [5.41, 5.74) is -0.532. The van der Waals surface area contributed by atoms with E-state index in [1.165, 1.54) is 35.2 Å². The predicted molar refractivity (Wildman–Crippen MR) is 166 cm³/mol. The molecule has 0 bridgehead atoms. The summed E-state index contributed by atoms with van der Waals surface area (Å²) < 4.78 is 6.56. The van der Waals surface area contributed by atoms with Crippen molar-refractivity contribution in [1.29, 1.82) is 0 Å². The Bertz CT molecular complexity index is 1680. The van der Waals surface area contributed by atoms with Crippen molar-refractivity contribution in [1.82, 2.24) is 15.0 Å². The van der Waals surface area contributed by atoms with E-state index in [1.54, 1.807) is 42.1 Å². The zero-order valence-electron chi connectivity index (χ0n) is 25.7. The van der Waals surface area contributed by atoms with Crippen LogP contribution in [0.2, 0.25) is 0 Å². The lowest BCUT2D eigenvalue weighted by molar-refractivity contribution is -0.385. The number of anilines is 2. The van der Waals surface area contributed by atoms with E-state index in [1.807, 2.05) is 0 Å². The normalized spacial score (nSPS) is 26.1. The van der Waals surface area contributed by atoms with Crippen LogP contribution < -0.4 is 10.2 Å². The predicted octanol–water partition coefficient (Wildman–Crippen LogP) is -0.523. The molecule has 0 saturated carbocycles. The number of hydrogen-bond acceptors (Lipinski definition) is 13. The molecule has 0 spiro atoms. The van der Waals surface area contributed by atoms with E-state index in [0.717, 1.165) is 0 Å². The van der Waals surface area contributed by atoms with Crippen LogP contribution in [0.3, 0.4) is 0 Å². The van der Waals surface area contributed by atoms with E-state index in [2.05, 4.69) is 15.6 Å². The Balaban J connectivity index is 1.30. The molecule has 3 aromatic rings. The number of aryl methyl sites for hydroxylation is 1. The number of amides is 2. The van der Waals surface area contributed by atoms with Crippen molar-refractivity contribution in [3.05, 3.63) is 87.7 Å². The summed E-state index contributed by atoms with van der Waals surface area (Å²) in [6.45, 7) is 2.02. The van der Waals surface area contributed by atoms with Crippen molar-refractivity contribution in [2.75, 3.05) is 16.8 Å². The summed E-state index contributed by atoms with van der Waals surface area (Å²) in [6.07, 6.45) is -2.92. The van der Waals surface area contributed by atoms with Crippen molar-refractivity contribution in [3.8, 4) is 0 Å². The van der Waals surface area contributed by atoms with E-state index in [-0.39, 0.29) is 30.1 Å². The molecule has 1 aromatic heterocycles. The van der Waals surface area contributed by atoms with E-state index in [0.29, 0.717) is 36.3 Å². The topological polar surface area (TPSA) is 254 Å². The van der Waals surface area contributed by atoms with Crippen LogP contribution >= 0.6 is 0 Å². The number of nitro groups is 1. The fourth-order valence-electron chi connectivity index (χ4n) is 5.70. The van der Waals surface area contributed by atoms with Gasteiger partial charge < -0.3 is 45.6 Å². The molecule has 2 amide bonds. The molecular weight excluding hydrogens is 632 g/mol. The maximum absolute atomic E-state index is 13.9. The molecule has 0 aliphatic carbocycles. The number of hydrogen-bond donors (Lipinski definition) is 7. The van der Waals surface area contributed by atoms with Crippen LogP contribution in [0.4, 0.5) is 17.1 Å². The van der Waals surface area contributed by atoms with Gasteiger partial charge in [0.1, 0.15) is 18.3 Å². The molecule has 1 saturated heterocycles. The Morgan fingerprint density at radius 1 is 1.15 bits per heavy atom. The lowest BCUT2D eigenvalue weighted by Crippen LogP contribution is -2.60. The standard InChI is InChI=1S/C31H36N6O11/c1-17(4-2-3-12-35-16-20(11-13-38)33-34-35)31(45)22-14-21(37(46)47)9-10-23(22)36(30(31)44)15-18-5-7-19(8-6-18)32-28(42)27-25(40)24(39)26(41)29(43)48-27/h2,4-10,14,16-17,24-27,29,38-41,43,45H,3,11-13,15H2,1H3,(H,32,42)/b4-2+/t17-,24+,25+,26-,27+,29-,31+/m1/s1. The van der Waals surface area contributed by atoms with E-state index >= 15 is 0 Å². The number of rotatable bonds is 12. The Hall–Kier alpha value is -4.62. The number of aliphatic hydroxyl groups is 6. The minimum atomic E-state index is -2.11. The molecule has 0 unspecified atom stereocenters. The molecule has 17 nitrogen and oxygen atoms in total. The number of fused-ring (bicyclic) bond motifs is 1. The van der Waals surface area contributed by atoms with E-state index in [4.69, 9.17) is 9.84 Å². The number of nitrogens with zero attached hydrogens (tertiary/aromatic N) is 5. The van der Waals surface area contributed by atoms with Crippen LogP contribution in [0.1, 0.15) is 30.2 Å². The molecule has 2 aromatic carbocycles. The van der Waals surface area contributed by atoms with Gasteiger partial charge in [0.2, 0.25) is 0 Å². The molecule has 1 fully saturated rings. The van der Waals surface area contributed by atoms with Crippen molar-refractivity contribution in [2.45, 2.75) is 69.2 Å². The first-order chi connectivity index (χ1) is 22.8. The summed E-state index contributed by atoms with van der Waals surface area (Å²) in [5, 5.41) is 82.4.